The lowest BCUT2D eigenvalue weighted by Gasteiger charge is -2.13. The minimum absolute atomic E-state index is 0.0736. The van der Waals surface area contributed by atoms with Crippen LogP contribution >= 0.6 is 0 Å². The third kappa shape index (κ3) is 4.61. The number of benzene rings is 3. The van der Waals surface area contributed by atoms with Gasteiger partial charge in [0, 0.05) is 5.69 Å². The molecule has 25 heavy (non-hydrogen) atoms. The second-order valence-corrected chi connectivity index (χ2v) is 5.61. The summed E-state index contributed by atoms with van der Waals surface area (Å²) in [6.07, 6.45) is 0.289. The van der Waals surface area contributed by atoms with Gasteiger partial charge < -0.3 is 15.4 Å². The first-order valence-electron chi connectivity index (χ1n) is 8.08. The Morgan fingerprint density at radius 2 is 1.60 bits per heavy atom. The number of hydrogen-bond donors (Lipinski definition) is 2. The predicted octanol–water partition coefficient (Wildman–Crippen LogP) is 4.62. The van der Waals surface area contributed by atoms with E-state index in [1.54, 1.807) is 7.11 Å². The van der Waals surface area contributed by atoms with Crippen LogP contribution in [0.5, 0.6) is 5.75 Å². The smallest absolute Gasteiger partial charge is 0.228 e. The number of amides is 1. The molecule has 0 bridgehead atoms. The summed E-state index contributed by atoms with van der Waals surface area (Å²) in [7, 11) is 1.62. The molecule has 0 heterocycles. The normalized spacial score (nSPS) is 10.1. The summed E-state index contributed by atoms with van der Waals surface area (Å²) in [6, 6.07) is 25.0. The van der Waals surface area contributed by atoms with Crippen molar-refractivity contribution in [2.24, 2.45) is 0 Å². The van der Waals surface area contributed by atoms with Gasteiger partial charge in [-0.2, -0.15) is 0 Å². The molecule has 3 aromatic carbocycles. The monoisotopic (exact) mass is 332 g/mol. The number of ether oxygens (including phenoxy) is 1. The van der Waals surface area contributed by atoms with Crippen molar-refractivity contribution < 1.29 is 9.53 Å². The Morgan fingerprint density at radius 1 is 0.880 bits per heavy atom. The molecule has 126 valence electrons. The van der Waals surface area contributed by atoms with Gasteiger partial charge in [0.1, 0.15) is 5.75 Å². The van der Waals surface area contributed by atoms with Crippen LogP contribution < -0.4 is 15.4 Å². The molecule has 4 nitrogen and oxygen atoms in total. The van der Waals surface area contributed by atoms with Crippen LogP contribution in [0.1, 0.15) is 5.56 Å². The molecule has 0 aliphatic heterocycles. The van der Waals surface area contributed by atoms with Gasteiger partial charge in [-0.05, 0) is 42.0 Å². The van der Waals surface area contributed by atoms with Gasteiger partial charge in [-0.15, -0.1) is 0 Å². The fraction of sp³-hybridized carbons (Fsp3) is 0.0952. The van der Waals surface area contributed by atoms with Crippen LogP contribution in [0.15, 0.2) is 78.9 Å². The number of nitrogens with one attached hydrogen (secondary N) is 2. The molecule has 3 aromatic rings. The van der Waals surface area contributed by atoms with Gasteiger partial charge in [0.05, 0.1) is 24.9 Å². The van der Waals surface area contributed by atoms with Crippen LogP contribution in [0, 0.1) is 0 Å². The molecule has 1 amide bonds. The molecule has 0 aromatic heterocycles. The molecule has 0 saturated heterocycles. The molecule has 3 rings (SSSR count). The minimum atomic E-state index is -0.0736. The number of hydrogen-bond acceptors (Lipinski definition) is 3. The highest BCUT2D eigenvalue weighted by Gasteiger charge is 2.08. The van der Waals surface area contributed by atoms with Gasteiger partial charge in [0.15, 0.2) is 0 Å². The molecule has 0 fully saturated rings. The van der Waals surface area contributed by atoms with Gasteiger partial charge in [-0.3, -0.25) is 4.79 Å². The Labute approximate surface area is 147 Å². The molecule has 2 N–H and O–H groups in total. The lowest BCUT2D eigenvalue weighted by molar-refractivity contribution is -0.115. The van der Waals surface area contributed by atoms with E-state index in [4.69, 9.17) is 4.74 Å². The van der Waals surface area contributed by atoms with Crippen LogP contribution in [-0.4, -0.2) is 13.0 Å². The van der Waals surface area contributed by atoms with Crippen LogP contribution in [0.4, 0.5) is 17.1 Å². The van der Waals surface area contributed by atoms with E-state index in [0.29, 0.717) is 0 Å². The zero-order chi connectivity index (χ0) is 17.5. The third-order valence-corrected chi connectivity index (χ3v) is 3.75. The first kappa shape index (κ1) is 16.6. The van der Waals surface area contributed by atoms with Crippen molar-refractivity contribution in [3.05, 3.63) is 84.4 Å². The van der Waals surface area contributed by atoms with Gasteiger partial charge >= 0.3 is 0 Å². The van der Waals surface area contributed by atoms with Crippen LogP contribution in [0.3, 0.4) is 0 Å². The average Bonchev–Trinajstić information content (AvgIpc) is 2.64. The number of carbonyl (C=O) groups is 1. The molecule has 0 aliphatic rings. The average molecular weight is 332 g/mol. The fourth-order valence-corrected chi connectivity index (χ4v) is 2.54. The van der Waals surface area contributed by atoms with Crippen LogP contribution in [0.2, 0.25) is 0 Å². The van der Waals surface area contributed by atoms with Gasteiger partial charge in [-0.25, -0.2) is 0 Å². The fourth-order valence-electron chi connectivity index (χ4n) is 2.54. The van der Waals surface area contributed by atoms with E-state index in [1.165, 1.54) is 0 Å². The minimum Gasteiger partial charge on any atom is -0.497 e. The highest BCUT2D eigenvalue weighted by atomic mass is 16.5. The Bertz CT molecular complexity index is 847. The van der Waals surface area contributed by atoms with Gasteiger partial charge in [-0.1, -0.05) is 42.5 Å². The molecule has 0 radical (unpaired) electrons. The van der Waals surface area contributed by atoms with E-state index in [-0.39, 0.29) is 12.3 Å². The van der Waals surface area contributed by atoms with Gasteiger partial charge in [0.2, 0.25) is 5.91 Å². The maximum absolute atomic E-state index is 12.4. The largest absolute Gasteiger partial charge is 0.497 e. The summed E-state index contributed by atoms with van der Waals surface area (Å²) in [6.45, 7) is 0. The van der Waals surface area contributed by atoms with Crippen molar-refractivity contribution in [3.63, 3.8) is 0 Å². The number of anilines is 3. The topological polar surface area (TPSA) is 50.4 Å². The Kier molecular flexibility index (Phi) is 5.32. The van der Waals surface area contributed by atoms with Crippen molar-refractivity contribution >= 4 is 23.0 Å². The Morgan fingerprint density at radius 3 is 2.36 bits per heavy atom. The summed E-state index contributed by atoms with van der Waals surface area (Å²) in [5.41, 5.74) is 3.48. The van der Waals surface area contributed by atoms with E-state index in [0.717, 1.165) is 28.4 Å². The summed E-state index contributed by atoms with van der Waals surface area (Å²) in [5.74, 6) is 0.673. The second-order valence-electron chi connectivity index (χ2n) is 5.61. The number of para-hydroxylation sites is 3. The Hall–Kier alpha value is -3.27. The molecule has 4 heteroatoms. The van der Waals surface area contributed by atoms with Crippen LogP contribution in [-0.2, 0) is 11.2 Å². The SMILES string of the molecule is COc1cccc(CC(=O)Nc2ccccc2Nc2ccccc2)c1. The van der Waals surface area contributed by atoms with Crippen molar-refractivity contribution in [2.75, 3.05) is 17.7 Å². The van der Waals surface area contributed by atoms with Crippen molar-refractivity contribution in [3.8, 4) is 5.75 Å². The second kappa shape index (κ2) is 8.02. The number of methoxy groups -OCH3 is 1. The maximum atomic E-state index is 12.4. The van der Waals surface area contributed by atoms with Crippen molar-refractivity contribution in [1.82, 2.24) is 0 Å². The van der Waals surface area contributed by atoms with E-state index < -0.39 is 0 Å². The number of carbonyl (C=O) groups excluding carboxylic acids is 1. The maximum Gasteiger partial charge on any atom is 0.228 e. The molecule has 0 saturated carbocycles. The van der Waals surface area contributed by atoms with E-state index in [2.05, 4.69) is 10.6 Å². The zero-order valence-electron chi connectivity index (χ0n) is 14.0. The van der Waals surface area contributed by atoms with E-state index in [1.807, 2.05) is 78.9 Å². The molecule has 0 spiro atoms. The highest BCUT2D eigenvalue weighted by molar-refractivity contribution is 5.96. The Balaban J connectivity index is 1.71. The van der Waals surface area contributed by atoms with E-state index >= 15 is 0 Å². The number of rotatable bonds is 6. The summed E-state index contributed by atoms with van der Waals surface area (Å²) in [5, 5.41) is 6.30. The highest BCUT2D eigenvalue weighted by Crippen LogP contribution is 2.25. The molecule has 0 unspecified atom stereocenters. The zero-order valence-corrected chi connectivity index (χ0v) is 14.0. The van der Waals surface area contributed by atoms with Crippen molar-refractivity contribution in [1.29, 1.82) is 0 Å². The first-order valence-corrected chi connectivity index (χ1v) is 8.08. The summed E-state index contributed by atoms with van der Waals surface area (Å²) >= 11 is 0. The molecule has 0 atom stereocenters. The predicted molar refractivity (Wildman–Crippen MR) is 101 cm³/mol. The van der Waals surface area contributed by atoms with Gasteiger partial charge in [0.25, 0.3) is 0 Å². The third-order valence-electron chi connectivity index (χ3n) is 3.75. The summed E-state index contributed by atoms with van der Waals surface area (Å²) in [4.78, 5) is 12.4. The van der Waals surface area contributed by atoms with Crippen LogP contribution in [0.25, 0.3) is 0 Å². The quantitative estimate of drug-likeness (QED) is 0.692. The molecule has 0 aliphatic carbocycles. The lowest BCUT2D eigenvalue weighted by atomic mass is 10.1. The first-order chi connectivity index (χ1) is 12.2. The standard InChI is InChI=1S/C21H20N2O2/c1-25-18-11-7-8-16(14-18)15-21(24)23-20-13-6-5-12-19(20)22-17-9-3-2-4-10-17/h2-14,22H,15H2,1H3,(H,23,24). The van der Waals surface area contributed by atoms with Crippen molar-refractivity contribution in [2.45, 2.75) is 6.42 Å². The lowest BCUT2D eigenvalue weighted by Crippen LogP contribution is -2.15. The molecular weight excluding hydrogens is 312 g/mol. The van der Waals surface area contributed by atoms with E-state index in [9.17, 15) is 4.79 Å². The summed E-state index contributed by atoms with van der Waals surface area (Å²) < 4.78 is 5.20. The molecular formula is C21H20N2O2.